The fraction of sp³-hybridized carbons (Fsp3) is 0.350. The summed E-state index contributed by atoms with van der Waals surface area (Å²) in [5.74, 6) is 0.659. The van der Waals surface area contributed by atoms with Gasteiger partial charge < -0.3 is 10.1 Å². The van der Waals surface area contributed by atoms with E-state index < -0.39 is 0 Å². The predicted octanol–water partition coefficient (Wildman–Crippen LogP) is 4.19. The van der Waals surface area contributed by atoms with Crippen molar-refractivity contribution in [2.45, 2.75) is 40.2 Å². The fourth-order valence-electron chi connectivity index (χ4n) is 2.74. The molecule has 0 aliphatic carbocycles. The Hall–Kier alpha value is -2.89. The molecule has 0 atom stereocenters. The number of carbonyl (C=O) groups is 1. The van der Waals surface area contributed by atoms with Gasteiger partial charge in [0.15, 0.2) is 0 Å². The average Bonchev–Trinajstić information content (AvgIpc) is 3.06. The van der Waals surface area contributed by atoms with Crippen molar-refractivity contribution in [2.24, 2.45) is 0 Å². The zero-order valence-electron chi connectivity index (χ0n) is 15.5. The van der Waals surface area contributed by atoms with Gasteiger partial charge >= 0.3 is 0 Å². The lowest BCUT2D eigenvalue weighted by Crippen LogP contribution is -2.12. The number of hydrogen-bond donors (Lipinski definition) is 1. The van der Waals surface area contributed by atoms with Gasteiger partial charge in [-0.15, -0.1) is 5.10 Å². The van der Waals surface area contributed by atoms with Gasteiger partial charge in [0.2, 0.25) is 0 Å². The van der Waals surface area contributed by atoms with Crippen LogP contribution in [0.3, 0.4) is 0 Å². The molecule has 136 valence electrons. The van der Waals surface area contributed by atoms with E-state index in [-0.39, 0.29) is 5.91 Å². The largest absolute Gasteiger partial charge is 0.494 e. The molecular weight excluding hydrogens is 328 g/mol. The van der Waals surface area contributed by atoms with Gasteiger partial charge in [-0.1, -0.05) is 18.6 Å². The third-order valence-corrected chi connectivity index (χ3v) is 4.29. The van der Waals surface area contributed by atoms with Gasteiger partial charge in [-0.25, -0.2) is 4.68 Å². The minimum Gasteiger partial charge on any atom is -0.494 e. The third-order valence-electron chi connectivity index (χ3n) is 4.29. The molecule has 2 aromatic carbocycles. The molecule has 3 aromatic rings. The zero-order valence-corrected chi connectivity index (χ0v) is 15.5. The van der Waals surface area contributed by atoms with E-state index in [0.717, 1.165) is 47.4 Å². The lowest BCUT2D eigenvalue weighted by atomic mass is 10.1. The Morgan fingerprint density at radius 2 is 2.04 bits per heavy atom. The Morgan fingerprint density at radius 1 is 1.19 bits per heavy atom. The fourth-order valence-corrected chi connectivity index (χ4v) is 2.74. The molecule has 1 N–H and O–H groups in total. The molecule has 1 amide bonds. The highest BCUT2D eigenvalue weighted by Gasteiger charge is 2.11. The summed E-state index contributed by atoms with van der Waals surface area (Å²) in [4.78, 5) is 12.6. The second kappa shape index (κ2) is 7.99. The minimum atomic E-state index is -0.166. The molecule has 1 heterocycles. The van der Waals surface area contributed by atoms with E-state index in [2.05, 4.69) is 22.6 Å². The monoisotopic (exact) mass is 352 g/mol. The number of carbonyl (C=O) groups excluding carboxylic acids is 1. The first kappa shape index (κ1) is 17.9. The quantitative estimate of drug-likeness (QED) is 0.647. The normalized spacial score (nSPS) is 10.9. The van der Waals surface area contributed by atoms with Crippen molar-refractivity contribution in [3.8, 4) is 5.75 Å². The molecule has 0 bridgehead atoms. The van der Waals surface area contributed by atoms with E-state index >= 15 is 0 Å². The van der Waals surface area contributed by atoms with Crippen LogP contribution in [-0.2, 0) is 6.54 Å². The highest BCUT2D eigenvalue weighted by atomic mass is 16.5. The topological polar surface area (TPSA) is 69.0 Å². The molecule has 6 nitrogen and oxygen atoms in total. The maximum Gasteiger partial charge on any atom is 0.255 e. The molecule has 0 radical (unpaired) electrons. The van der Waals surface area contributed by atoms with Crippen molar-refractivity contribution < 1.29 is 9.53 Å². The standard InChI is InChI=1S/C20H24N4O2/c1-4-6-11-26-16-8-9-17(14(3)12-16)21-20(25)15-7-10-19-18(13-15)22-23-24(19)5-2/h7-10,12-13H,4-6,11H2,1-3H3,(H,21,25). The molecule has 0 unspecified atom stereocenters. The Morgan fingerprint density at radius 3 is 2.77 bits per heavy atom. The van der Waals surface area contributed by atoms with Crippen molar-refractivity contribution in [3.05, 3.63) is 47.5 Å². The number of unbranched alkanes of at least 4 members (excludes halogenated alkanes) is 1. The van der Waals surface area contributed by atoms with Crippen LogP contribution in [0.5, 0.6) is 5.75 Å². The summed E-state index contributed by atoms with van der Waals surface area (Å²) >= 11 is 0. The number of nitrogens with zero attached hydrogens (tertiary/aromatic N) is 3. The number of rotatable bonds is 7. The smallest absolute Gasteiger partial charge is 0.255 e. The van der Waals surface area contributed by atoms with E-state index in [9.17, 15) is 4.79 Å². The van der Waals surface area contributed by atoms with Gasteiger partial charge in [0.05, 0.1) is 12.1 Å². The summed E-state index contributed by atoms with van der Waals surface area (Å²) in [6.07, 6.45) is 2.13. The minimum absolute atomic E-state index is 0.166. The third kappa shape index (κ3) is 3.85. The van der Waals surface area contributed by atoms with Crippen molar-refractivity contribution >= 4 is 22.6 Å². The molecule has 6 heteroatoms. The van der Waals surface area contributed by atoms with Crippen molar-refractivity contribution in [3.63, 3.8) is 0 Å². The molecule has 0 saturated carbocycles. The average molecular weight is 352 g/mol. The number of benzene rings is 2. The molecule has 0 saturated heterocycles. The molecular formula is C20H24N4O2. The molecule has 0 spiro atoms. The maximum atomic E-state index is 12.6. The number of nitrogens with one attached hydrogen (secondary N) is 1. The van der Waals surface area contributed by atoms with Crippen LogP contribution in [-0.4, -0.2) is 27.5 Å². The summed E-state index contributed by atoms with van der Waals surface area (Å²) < 4.78 is 7.51. The highest BCUT2D eigenvalue weighted by molar-refractivity contribution is 6.06. The number of anilines is 1. The lowest BCUT2D eigenvalue weighted by molar-refractivity contribution is 0.102. The first-order valence-corrected chi connectivity index (χ1v) is 9.00. The van der Waals surface area contributed by atoms with Crippen LogP contribution in [0, 0.1) is 6.92 Å². The summed E-state index contributed by atoms with van der Waals surface area (Å²) in [6.45, 7) is 7.55. The Bertz CT molecular complexity index is 917. The number of hydrogen-bond acceptors (Lipinski definition) is 4. The first-order valence-electron chi connectivity index (χ1n) is 9.00. The summed E-state index contributed by atoms with van der Waals surface area (Å²) in [5, 5.41) is 11.2. The van der Waals surface area contributed by atoms with Crippen LogP contribution in [0.4, 0.5) is 5.69 Å². The number of fused-ring (bicyclic) bond motifs is 1. The van der Waals surface area contributed by atoms with Crippen molar-refractivity contribution in [1.82, 2.24) is 15.0 Å². The first-order chi connectivity index (χ1) is 12.6. The molecule has 3 rings (SSSR count). The van der Waals surface area contributed by atoms with Crippen LogP contribution in [0.15, 0.2) is 36.4 Å². The summed E-state index contributed by atoms with van der Waals surface area (Å²) in [5.41, 5.74) is 3.94. The predicted molar refractivity (Wildman–Crippen MR) is 103 cm³/mol. The number of aryl methyl sites for hydroxylation is 2. The SMILES string of the molecule is CCCCOc1ccc(NC(=O)c2ccc3c(c2)nnn3CC)c(C)c1. The number of ether oxygens (including phenoxy) is 1. The maximum absolute atomic E-state index is 12.6. The summed E-state index contributed by atoms with van der Waals surface area (Å²) in [6, 6.07) is 11.1. The van der Waals surface area contributed by atoms with Gasteiger partial charge in [0, 0.05) is 17.8 Å². The van der Waals surface area contributed by atoms with Crippen LogP contribution >= 0.6 is 0 Å². The van der Waals surface area contributed by atoms with E-state index in [4.69, 9.17) is 4.74 Å². The van der Waals surface area contributed by atoms with Gasteiger partial charge in [0.1, 0.15) is 11.3 Å². The van der Waals surface area contributed by atoms with E-state index in [1.807, 2.05) is 38.1 Å². The second-order valence-electron chi connectivity index (χ2n) is 6.24. The van der Waals surface area contributed by atoms with Crippen LogP contribution in [0.1, 0.15) is 42.6 Å². The Kier molecular flexibility index (Phi) is 5.51. The molecule has 0 fully saturated rings. The summed E-state index contributed by atoms with van der Waals surface area (Å²) in [7, 11) is 0. The number of amides is 1. The molecule has 0 aliphatic rings. The van der Waals surface area contributed by atoms with E-state index in [0.29, 0.717) is 12.2 Å². The lowest BCUT2D eigenvalue weighted by Gasteiger charge is -2.11. The van der Waals surface area contributed by atoms with Gasteiger partial charge in [-0.2, -0.15) is 0 Å². The molecule has 1 aromatic heterocycles. The van der Waals surface area contributed by atoms with Crippen LogP contribution in [0.2, 0.25) is 0 Å². The number of aromatic nitrogens is 3. The van der Waals surface area contributed by atoms with E-state index in [1.165, 1.54) is 0 Å². The van der Waals surface area contributed by atoms with Crippen molar-refractivity contribution in [1.29, 1.82) is 0 Å². The van der Waals surface area contributed by atoms with E-state index in [1.54, 1.807) is 16.8 Å². The second-order valence-corrected chi connectivity index (χ2v) is 6.24. The zero-order chi connectivity index (χ0) is 18.5. The highest BCUT2D eigenvalue weighted by Crippen LogP contribution is 2.23. The molecule has 0 aliphatic heterocycles. The van der Waals surface area contributed by atoms with Crippen LogP contribution in [0.25, 0.3) is 11.0 Å². The molecule has 26 heavy (non-hydrogen) atoms. The Balaban J connectivity index is 1.73. The van der Waals surface area contributed by atoms with Gasteiger partial charge in [-0.3, -0.25) is 4.79 Å². The van der Waals surface area contributed by atoms with Crippen molar-refractivity contribution in [2.75, 3.05) is 11.9 Å². The van der Waals surface area contributed by atoms with Gasteiger partial charge in [0.25, 0.3) is 5.91 Å². The van der Waals surface area contributed by atoms with Gasteiger partial charge in [-0.05, 0) is 62.2 Å². The van der Waals surface area contributed by atoms with Crippen LogP contribution < -0.4 is 10.1 Å². The Labute approximate surface area is 153 Å².